The highest BCUT2D eigenvalue weighted by Gasteiger charge is 2.27. The first-order valence-corrected chi connectivity index (χ1v) is 11.6. The third-order valence-corrected chi connectivity index (χ3v) is 5.22. The van der Waals surface area contributed by atoms with Gasteiger partial charge >= 0.3 is 6.09 Å². The number of alkyl carbamates (subject to hydrolysis) is 1. The monoisotopic (exact) mass is 469 g/mol. The molecule has 2 aromatic carbocycles. The Labute approximate surface area is 201 Å². The molecule has 4 N–H and O–H groups in total. The first kappa shape index (κ1) is 26.9. The van der Waals surface area contributed by atoms with Gasteiger partial charge in [0.2, 0.25) is 11.8 Å². The largest absolute Gasteiger partial charge is 0.445 e. The van der Waals surface area contributed by atoms with Gasteiger partial charge in [-0.05, 0) is 29.9 Å². The predicted molar refractivity (Wildman–Crippen MR) is 130 cm³/mol. The van der Waals surface area contributed by atoms with Crippen LogP contribution >= 0.6 is 0 Å². The minimum Gasteiger partial charge on any atom is -0.445 e. The third kappa shape index (κ3) is 9.23. The van der Waals surface area contributed by atoms with Gasteiger partial charge in [0.25, 0.3) is 0 Å². The van der Waals surface area contributed by atoms with Crippen LogP contribution in [0.4, 0.5) is 4.79 Å². The summed E-state index contributed by atoms with van der Waals surface area (Å²) >= 11 is 0. The van der Waals surface area contributed by atoms with Crippen LogP contribution in [0.25, 0.3) is 0 Å². The number of carbonyl (C=O) groups is 3. The van der Waals surface area contributed by atoms with Crippen molar-refractivity contribution in [3.05, 3.63) is 71.8 Å². The van der Waals surface area contributed by atoms with Crippen LogP contribution in [0.5, 0.6) is 0 Å². The van der Waals surface area contributed by atoms with Crippen molar-refractivity contribution in [3.63, 3.8) is 0 Å². The summed E-state index contributed by atoms with van der Waals surface area (Å²) in [6.07, 6.45) is -0.815. The van der Waals surface area contributed by atoms with E-state index in [9.17, 15) is 19.5 Å². The third-order valence-electron chi connectivity index (χ3n) is 5.22. The summed E-state index contributed by atoms with van der Waals surface area (Å²) < 4.78 is 5.24. The zero-order valence-corrected chi connectivity index (χ0v) is 20.0. The average Bonchev–Trinajstić information content (AvgIpc) is 2.84. The number of hydrogen-bond acceptors (Lipinski definition) is 5. The number of carbonyl (C=O) groups excluding carboxylic acids is 3. The van der Waals surface area contributed by atoms with Gasteiger partial charge in [-0.15, -0.1) is 0 Å². The minimum absolute atomic E-state index is 0.0225. The molecule has 0 fully saturated rings. The highest BCUT2D eigenvalue weighted by atomic mass is 16.5. The van der Waals surface area contributed by atoms with Crippen molar-refractivity contribution in [1.82, 2.24) is 16.0 Å². The predicted octanol–water partition coefficient (Wildman–Crippen LogP) is 3.07. The van der Waals surface area contributed by atoms with E-state index in [1.165, 1.54) is 0 Å². The lowest BCUT2D eigenvalue weighted by molar-refractivity contribution is -0.130. The van der Waals surface area contributed by atoms with Gasteiger partial charge < -0.3 is 25.8 Å². The second kappa shape index (κ2) is 14.0. The fraction of sp³-hybridized carbons (Fsp3) is 0.423. The maximum atomic E-state index is 12.9. The molecule has 3 atom stereocenters. The van der Waals surface area contributed by atoms with Gasteiger partial charge in [-0.2, -0.15) is 0 Å². The Morgan fingerprint density at radius 2 is 1.50 bits per heavy atom. The SMILES string of the molecule is CCC(NC(=O)C(CC(C)C)NC(=O)OCc1ccccc1)C(=O)NCC(O)c1ccccc1. The molecule has 34 heavy (non-hydrogen) atoms. The topological polar surface area (TPSA) is 117 Å². The number of hydrogen-bond donors (Lipinski definition) is 4. The van der Waals surface area contributed by atoms with Crippen LogP contribution in [0.15, 0.2) is 60.7 Å². The van der Waals surface area contributed by atoms with E-state index in [1.807, 2.05) is 62.4 Å². The first-order valence-electron chi connectivity index (χ1n) is 11.6. The van der Waals surface area contributed by atoms with Crippen molar-refractivity contribution in [2.45, 2.75) is 58.4 Å². The van der Waals surface area contributed by atoms with E-state index in [2.05, 4.69) is 16.0 Å². The van der Waals surface area contributed by atoms with Crippen molar-refractivity contribution in [2.75, 3.05) is 6.54 Å². The molecule has 0 heterocycles. The summed E-state index contributed by atoms with van der Waals surface area (Å²) in [5.41, 5.74) is 1.53. The van der Waals surface area contributed by atoms with Crippen molar-refractivity contribution < 1.29 is 24.2 Å². The molecule has 0 spiro atoms. The van der Waals surface area contributed by atoms with Crippen molar-refractivity contribution in [1.29, 1.82) is 0 Å². The number of amides is 3. The van der Waals surface area contributed by atoms with Crippen molar-refractivity contribution in [3.8, 4) is 0 Å². The van der Waals surface area contributed by atoms with Gasteiger partial charge in [-0.25, -0.2) is 4.79 Å². The molecule has 3 unspecified atom stereocenters. The Morgan fingerprint density at radius 3 is 2.09 bits per heavy atom. The van der Waals surface area contributed by atoms with E-state index in [1.54, 1.807) is 19.1 Å². The summed E-state index contributed by atoms with van der Waals surface area (Å²) in [7, 11) is 0. The van der Waals surface area contributed by atoms with Gasteiger partial charge in [-0.3, -0.25) is 9.59 Å². The average molecular weight is 470 g/mol. The Hall–Kier alpha value is -3.39. The number of benzene rings is 2. The lowest BCUT2D eigenvalue weighted by Crippen LogP contribution is -2.54. The molecule has 0 saturated heterocycles. The van der Waals surface area contributed by atoms with Gasteiger partial charge in [0, 0.05) is 6.54 Å². The number of nitrogens with one attached hydrogen (secondary N) is 3. The quantitative estimate of drug-likeness (QED) is 0.381. The first-order chi connectivity index (χ1) is 16.3. The van der Waals surface area contributed by atoms with E-state index in [0.717, 1.165) is 5.56 Å². The van der Waals surface area contributed by atoms with Gasteiger partial charge in [0.1, 0.15) is 18.7 Å². The molecule has 0 aromatic heterocycles. The standard InChI is InChI=1S/C26H35N3O5/c1-4-21(24(31)27-16-23(30)20-13-9-6-10-14-20)28-25(32)22(15-18(2)3)29-26(33)34-17-19-11-7-5-8-12-19/h5-14,18,21-23,30H,4,15-17H2,1-3H3,(H,27,31)(H,28,32)(H,29,33). The van der Waals surface area contributed by atoms with Gasteiger partial charge in [0.15, 0.2) is 0 Å². The van der Waals surface area contributed by atoms with Crippen molar-refractivity contribution >= 4 is 17.9 Å². The summed E-state index contributed by atoms with van der Waals surface area (Å²) in [4.78, 5) is 37.8. The molecule has 8 heteroatoms. The van der Waals surface area contributed by atoms with E-state index in [4.69, 9.17) is 4.74 Å². The van der Waals surface area contributed by atoms with Crippen LogP contribution in [0.1, 0.15) is 50.8 Å². The number of aliphatic hydroxyl groups is 1. The number of rotatable bonds is 12. The molecule has 0 aliphatic rings. The number of ether oxygens (including phenoxy) is 1. The van der Waals surface area contributed by atoms with Crippen LogP contribution in [-0.4, -0.2) is 41.6 Å². The molecule has 184 valence electrons. The molecule has 8 nitrogen and oxygen atoms in total. The molecule has 2 aromatic rings. The Bertz CT molecular complexity index is 905. The van der Waals surface area contributed by atoms with Gasteiger partial charge in [0.05, 0.1) is 6.10 Å². The Balaban J connectivity index is 1.90. The molecular formula is C26H35N3O5. The van der Waals surface area contributed by atoms with Gasteiger partial charge in [-0.1, -0.05) is 81.4 Å². The molecule has 0 radical (unpaired) electrons. The van der Waals surface area contributed by atoms with E-state index < -0.39 is 36.1 Å². The zero-order chi connectivity index (χ0) is 24.9. The highest BCUT2D eigenvalue weighted by Crippen LogP contribution is 2.11. The smallest absolute Gasteiger partial charge is 0.408 e. The minimum atomic E-state index is -0.854. The van der Waals surface area contributed by atoms with Crippen LogP contribution in [0, 0.1) is 5.92 Å². The van der Waals surface area contributed by atoms with E-state index >= 15 is 0 Å². The maximum absolute atomic E-state index is 12.9. The molecule has 3 amide bonds. The number of aliphatic hydroxyl groups excluding tert-OH is 1. The normalized spacial score (nSPS) is 13.4. The molecule has 2 rings (SSSR count). The van der Waals surface area contributed by atoms with Crippen LogP contribution < -0.4 is 16.0 Å². The highest BCUT2D eigenvalue weighted by molar-refractivity contribution is 5.91. The summed E-state index contributed by atoms with van der Waals surface area (Å²) in [6.45, 7) is 5.76. The van der Waals surface area contributed by atoms with Crippen LogP contribution in [0.3, 0.4) is 0 Å². The second-order valence-electron chi connectivity index (χ2n) is 8.53. The maximum Gasteiger partial charge on any atom is 0.408 e. The lowest BCUT2D eigenvalue weighted by Gasteiger charge is -2.24. The van der Waals surface area contributed by atoms with Crippen LogP contribution in [0.2, 0.25) is 0 Å². The molecule has 0 bridgehead atoms. The Morgan fingerprint density at radius 1 is 0.882 bits per heavy atom. The molecule has 0 saturated carbocycles. The van der Waals surface area contributed by atoms with Crippen molar-refractivity contribution in [2.24, 2.45) is 5.92 Å². The Kier molecular flexibility index (Phi) is 11.1. The van der Waals surface area contributed by atoms with E-state index in [0.29, 0.717) is 18.4 Å². The zero-order valence-electron chi connectivity index (χ0n) is 20.0. The second-order valence-corrected chi connectivity index (χ2v) is 8.53. The summed E-state index contributed by atoms with van der Waals surface area (Å²) in [5, 5.41) is 18.3. The lowest BCUT2D eigenvalue weighted by atomic mass is 10.0. The molecule has 0 aliphatic heterocycles. The van der Waals surface area contributed by atoms with Crippen LogP contribution in [-0.2, 0) is 20.9 Å². The summed E-state index contributed by atoms with van der Waals surface area (Å²) in [6, 6.07) is 16.6. The molecule has 0 aliphatic carbocycles. The fourth-order valence-corrected chi connectivity index (χ4v) is 3.35. The molecular weight excluding hydrogens is 434 g/mol. The van der Waals surface area contributed by atoms with E-state index in [-0.39, 0.29) is 19.1 Å². The summed E-state index contributed by atoms with van der Waals surface area (Å²) in [5.74, 6) is -0.739. The fourth-order valence-electron chi connectivity index (χ4n) is 3.35.